The van der Waals surface area contributed by atoms with Gasteiger partial charge in [0.05, 0.1) is 0 Å². The van der Waals surface area contributed by atoms with E-state index in [1.165, 1.54) is 0 Å². The molecule has 0 spiro atoms. The van der Waals surface area contributed by atoms with Gasteiger partial charge in [0, 0.05) is 0 Å². The van der Waals surface area contributed by atoms with E-state index in [0.29, 0.717) is 46.7 Å². The zero-order valence-corrected chi connectivity index (χ0v) is 10.5. The van der Waals surface area contributed by atoms with Crippen molar-refractivity contribution in [3.05, 3.63) is 0 Å². The van der Waals surface area contributed by atoms with Crippen LogP contribution in [0.15, 0.2) is 0 Å². The van der Waals surface area contributed by atoms with Crippen molar-refractivity contribution in [3.63, 3.8) is 0 Å². The van der Waals surface area contributed by atoms with Crippen molar-refractivity contribution in [3.8, 4) is 0 Å². The second-order valence-corrected chi connectivity index (χ2v) is 4.28. The van der Waals surface area contributed by atoms with Crippen LogP contribution in [0.4, 0.5) is 0 Å². The Morgan fingerprint density at radius 2 is 2.25 bits per heavy atom. The Hall–Kier alpha value is 0.0948. The van der Waals surface area contributed by atoms with Gasteiger partial charge in [0.25, 0.3) is 0 Å². The Morgan fingerprint density at radius 1 is 1.67 bits per heavy atom. The summed E-state index contributed by atoms with van der Waals surface area (Å²) < 4.78 is 0.165. The van der Waals surface area contributed by atoms with Gasteiger partial charge in [-0.2, -0.15) is 0 Å². The Bertz CT molecular complexity index is 173. The van der Waals surface area contributed by atoms with Crippen molar-refractivity contribution >= 4 is 8.15 Å². The van der Waals surface area contributed by atoms with Gasteiger partial charge in [0.1, 0.15) is 0 Å². The fourth-order valence-corrected chi connectivity index (χ4v) is 1.21. The average Bonchev–Trinajstić information content (AvgIpc) is 1.97. The van der Waals surface area contributed by atoms with Gasteiger partial charge >= 0.3 is 94.3 Å². The molecule has 0 aliphatic heterocycles. The molecule has 0 aromatic carbocycles. The Kier molecular flexibility index (Phi) is 6.65. The Labute approximate surface area is 93.8 Å². The van der Waals surface area contributed by atoms with E-state index in [4.69, 9.17) is 16.9 Å². The molecule has 6 N–H and O–H groups in total. The summed E-state index contributed by atoms with van der Waals surface area (Å²) in [7, 11) is 0. The number of carbonyl (C=O) groups is 1. The van der Waals surface area contributed by atoms with Crippen molar-refractivity contribution in [1.29, 1.82) is 5.41 Å². The fourth-order valence-electron chi connectivity index (χ4n) is 0.687. The number of nitrogens with one attached hydrogen (secondary N) is 2. The molecule has 6 heteroatoms. The zero-order chi connectivity index (χ0) is 9.56. The van der Waals surface area contributed by atoms with Crippen LogP contribution >= 0.6 is 0 Å². The normalized spacial score (nSPS) is 12.0. The first-order chi connectivity index (χ1) is 5.54. The molecule has 0 heterocycles. The number of hydrogen-bond donors (Lipinski definition) is 4. The molecule has 0 aromatic rings. The molecule has 0 saturated carbocycles. The summed E-state index contributed by atoms with van der Waals surface area (Å²) in [6, 6.07) is -0.302. The SMILES string of the molecule is N=C(N)NCCC[C@H](N)[C](=O)[La]. The topological polar surface area (TPSA) is 105 Å². The standard InChI is InChI=1S/C6H13N4O.La/c7-5(4-11)2-1-3-10-6(8)9;/h5H,1-3,7H2,(H4,8,9,10);/t5-;/m0./s1. The summed E-state index contributed by atoms with van der Waals surface area (Å²) >= 11 is 0.325. The van der Waals surface area contributed by atoms with E-state index >= 15 is 0 Å². The van der Waals surface area contributed by atoms with E-state index in [1.54, 1.807) is 0 Å². The summed E-state index contributed by atoms with van der Waals surface area (Å²) in [4.78, 5) is 10.7. The summed E-state index contributed by atoms with van der Waals surface area (Å²) in [6.07, 6.45) is 1.45. The van der Waals surface area contributed by atoms with Crippen LogP contribution in [0.5, 0.6) is 0 Å². The van der Waals surface area contributed by atoms with Gasteiger partial charge in [-0.15, -0.1) is 0 Å². The molecule has 0 aliphatic carbocycles. The van der Waals surface area contributed by atoms with Crippen molar-refractivity contribution in [2.24, 2.45) is 11.5 Å². The summed E-state index contributed by atoms with van der Waals surface area (Å²) in [6.45, 7) is 0.612. The summed E-state index contributed by atoms with van der Waals surface area (Å²) in [5, 5.41) is 9.49. The molecule has 0 radical (unpaired) electrons. The third-order valence-electron chi connectivity index (χ3n) is 1.37. The molecule has 0 unspecified atom stereocenters. The first kappa shape index (κ1) is 12.1. The second kappa shape index (κ2) is 6.59. The minimum atomic E-state index is -0.302. The van der Waals surface area contributed by atoms with Gasteiger partial charge in [-0.1, -0.05) is 0 Å². The first-order valence-electron chi connectivity index (χ1n) is 3.67. The molecule has 0 aromatic heterocycles. The van der Waals surface area contributed by atoms with Crippen LogP contribution in [0.2, 0.25) is 0 Å². The van der Waals surface area contributed by atoms with Crippen LogP contribution in [0.1, 0.15) is 12.8 Å². The average molecular weight is 296 g/mol. The van der Waals surface area contributed by atoms with E-state index in [9.17, 15) is 4.79 Å². The van der Waals surface area contributed by atoms with E-state index in [2.05, 4.69) is 5.32 Å². The molecule has 0 fully saturated rings. The number of nitrogens with two attached hydrogens (primary N) is 2. The molecule has 0 saturated heterocycles. The number of guanidine groups is 1. The molecule has 0 bridgehead atoms. The van der Waals surface area contributed by atoms with Crippen LogP contribution < -0.4 is 16.8 Å². The van der Waals surface area contributed by atoms with Crippen LogP contribution in [-0.4, -0.2) is 20.7 Å². The molecular weight excluding hydrogens is 283 g/mol. The molecule has 0 aliphatic rings. The summed E-state index contributed by atoms with van der Waals surface area (Å²) in [5.74, 6) is -0.0392. The third-order valence-corrected chi connectivity index (χ3v) is 2.72. The van der Waals surface area contributed by atoms with Gasteiger partial charge in [0.15, 0.2) is 0 Å². The molecule has 0 amide bonds. The Balaban J connectivity index is 3.31. The number of hydrogen-bond acceptors (Lipinski definition) is 3. The quantitative estimate of drug-likeness (QED) is 0.286. The number of carbonyl (C=O) groups excluding carboxylic acids is 1. The number of rotatable bonds is 5. The second-order valence-electron chi connectivity index (χ2n) is 2.49. The van der Waals surface area contributed by atoms with Gasteiger partial charge in [-0.3, -0.25) is 0 Å². The van der Waals surface area contributed by atoms with E-state index < -0.39 is 0 Å². The molecule has 12 heavy (non-hydrogen) atoms. The van der Waals surface area contributed by atoms with Gasteiger partial charge < -0.3 is 0 Å². The van der Waals surface area contributed by atoms with Crippen LogP contribution in [0.25, 0.3) is 0 Å². The molecule has 66 valence electrons. The maximum atomic E-state index is 10.7. The van der Waals surface area contributed by atoms with Crippen LogP contribution in [0.3, 0.4) is 0 Å². The van der Waals surface area contributed by atoms with Crippen LogP contribution in [-0.2, 0) is 4.79 Å². The van der Waals surface area contributed by atoms with E-state index in [-0.39, 0.29) is 14.2 Å². The van der Waals surface area contributed by atoms with Gasteiger partial charge in [-0.25, -0.2) is 0 Å². The van der Waals surface area contributed by atoms with Crippen molar-refractivity contribution in [1.82, 2.24) is 5.32 Å². The molecule has 5 nitrogen and oxygen atoms in total. The minimum absolute atomic E-state index is 0.0392. The van der Waals surface area contributed by atoms with Crippen molar-refractivity contribution < 1.29 is 38.5 Å². The van der Waals surface area contributed by atoms with Crippen LogP contribution in [0, 0.1) is 39.1 Å². The van der Waals surface area contributed by atoms with Crippen molar-refractivity contribution in [2.75, 3.05) is 6.54 Å². The van der Waals surface area contributed by atoms with E-state index in [1.807, 2.05) is 0 Å². The van der Waals surface area contributed by atoms with Gasteiger partial charge in [-0.05, 0) is 0 Å². The van der Waals surface area contributed by atoms with Gasteiger partial charge in [0.2, 0.25) is 0 Å². The van der Waals surface area contributed by atoms with E-state index in [0.717, 1.165) is 6.42 Å². The van der Waals surface area contributed by atoms with Crippen molar-refractivity contribution in [2.45, 2.75) is 18.9 Å². The fraction of sp³-hybridized carbons (Fsp3) is 0.667. The zero-order valence-electron chi connectivity index (χ0n) is 6.84. The summed E-state index contributed by atoms with van der Waals surface area (Å²) in [5.41, 5.74) is 10.6. The molecule has 1 atom stereocenters. The predicted molar refractivity (Wildman–Crippen MR) is 42.1 cm³/mol. The Morgan fingerprint density at radius 3 is 2.67 bits per heavy atom. The molecule has 0 rings (SSSR count). The molecular formula is C6H13LaN4O. The monoisotopic (exact) mass is 296 g/mol. The maximum absolute atomic E-state index is 10.7. The third kappa shape index (κ3) is 6.78. The first-order valence-corrected chi connectivity index (χ1v) is 5.48. The predicted octanol–water partition coefficient (Wildman–Crippen LogP) is -1.35.